The van der Waals surface area contributed by atoms with Crippen LogP contribution in [0.4, 0.5) is 11.4 Å². The Kier molecular flexibility index (Phi) is 8.65. The molecule has 0 atom stereocenters. The van der Waals surface area contributed by atoms with Crippen molar-refractivity contribution in [3.8, 4) is 39.4 Å². The zero-order valence-electron chi connectivity index (χ0n) is 35.6. The predicted octanol–water partition coefficient (Wildman–Crippen LogP) is 10.9. The lowest BCUT2D eigenvalue weighted by molar-refractivity contribution is 0.485. The van der Waals surface area contributed by atoms with E-state index in [1.165, 1.54) is 53.8 Å². The number of para-hydroxylation sites is 5. The summed E-state index contributed by atoms with van der Waals surface area (Å²) in [7, 11) is -2.79. The standard InChI is InChI=1S/C60H41BN2OSi/c1-5-22-44(23-6-1)63-56-37-18-15-33-51(56)52-40-43(42-21-19-30-48(39-42)65(45-24-7-2-8-25-45,46-26-9-3-10-27-46)47-28-11-4-12-29-47)41-58-59(52)61(63)53-34-20-38-57(60(53)64-58)62-54-35-16-13-31-49(54)50-32-14-17-36-55(50)62/h1-41H. The Hall–Kier alpha value is -8.12. The number of rotatable bonds is 7. The molecule has 1 aromatic heterocycles. The van der Waals surface area contributed by atoms with Gasteiger partial charge in [0.15, 0.2) is 8.07 Å². The van der Waals surface area contributed by atoms with E-state index >= 15 is 0 Å². The highest BCUT2D eigenvalue weighted by Gasteiger charge is 2.45. The first kappa shape index (κ1) is 37.4. The average Bonchev–Trinajstić information content (AvgIpc) is 3.72. The van der Waals surface area contributed by atoms with Gasteiger partial charge in [-0.25, -0.2) is 0 Å². The molecular weight excluding hydrogens is 804 g/mol. The summed E-state index contributed by atoms with van der Waals surface area (Å²) < 4.78 is 9.90. The van der Waals surface area contributed by atoms with E-state index in [2.05, 4.69) is 258 Å². The van der Waals surface area contributed by atoms with Crippen LogP contribution >= 0.6 is 0 Å². The fourth-order valence-electron chi connectivity index (χ4n) is 11.1. The van der Waals surface area contributed by atoms with E-state index in [-0.39, 0.29) is 6.85 Å². The van der Waals surface area contributed by atoms with Gasteiger partial charge in [0.25, 0.3) is 0 Å². The Balaban J connectivity index is 1.07. The minimum Gasteiger partial charge on any atom is -0.456 e. The number of aromatic nitrogens is 1. The van der Waals surface area contributed by atoms with Gasteiger partial charge < -0.3 is 14.1 Å². The summed E-state index contributed by atoms with van der Waals surface area (Å²) in [6.45, 7) is -0.149. The first-order chi connectivity index (χ1) is 32.3. The van der Waals surface area contributed by atoms with Crippen LogP contribution < -0.4 is 41.2 Å². The zero-order chi connectivity index (χ0) is 42.9. The Labute approximate surface area is 380 Å². The maximum atomic E-state index is 7.51. The van der Waals surface area contributed by atoms with Crippen LogP contribution in [0.5, 0.6) is 11.5 Å². The first-order valence-electron chi connectivity index (χ1n) is 22.5. The highest BCUT2D eigenvalue weighted by atomic mass is 28.3. The van der Waals surface area contributed by atoms with Crippen LogP contribution in [0.2, 0.25) is 0 Å². The molecule has 0 spiro atoms. The van der Waals surface area contributed by atoms with E-state index in [0.29, 0.717) is 0 Å². The van der Waals surface area contributed by atoms with Crippen LogP contribution in [0.25, 0.3) is 49.7 Å². The topological polar surface area (TPSA) is 17.4 Å². The SMILES string of the molecule is c1ccc(N2B3c4cccc(-n5c6ccccc6c6ccccc65)c4Oc4cc(-c5cccc([Si](c6ccccc6)(c6ccccc6)c6ccccc6)c5)cc(c43)-c3ccccc32)cc1. The molecule has 0 unspecified atom stereocenters. The third-order valence-corrected chi connectivity index (χ3v) is 18.5. The third kappa shape index (κ3) is 5.69. The second-order valence-electron chi connectivity index (χ2n) is 17.2. The molecule has 3 heterocycles. The summed E-state index contributed by atoms with van der Waals surface area (Å²) in [5.41, 5.74) is 12.6. The first-order valence-corrected chi connectivity index (χ1v) is 24.5. The van der Waals surface area contributed by atoms with Gasteiger partial charge in [-0.1, -0.05) is 200 Å². The lowest BCUT2D eigenvalue weighted by atomic mass is 9.44. The molecule has 0 saturated carbocycles. The van der Waals surface area contributed by atoms with Crippen molar-refractivity contribution in [1.29, 1.82) is 0 Å². The largest absolute Gasteiger partial charge is 0.456 e. The summed E-state index contributed by atoms with van der Waals surface area (Å²) in [6.07, 6.45) is 0. The Morgan fingerprint density at radius 1 is 0.385 bits per heavy atom. The molecule has 304 valence electrons. The molecule has 13 rings (SSSR count). The number of benzene rings is 10. The molecule has 0 N–H and O–H groups in total. The number of nitrogens with zero attached hydrogens (tertiary/aromatic N) is 2. The van der Waals surface area contributed by atoms with Gasteiger partial charge in [-0.2, -0.15) is 0 Å². The van der Waals surface area contributed by atoms with Gasteiger partial charge >= 0.3 is 6.85 Å². The van der Waals surface area contributed by atoms with E-state index in [1.54, 1.807) is 0 Å². The summed E-state index contributed by atoms with van der Waals surface area (Å²) in [4.78, 5) is 2.53. The van der Waals surface area contributed by atoms with E-state index in [0.717, 1.165) is 50.5 Å². The van der Waals surface area contributed by atoms with Crippen LogP contribution in [-0.2, 0) is 0 Å². The van der Waals surface area contributed by atoms with E-state index in [9.17, 15) is 0 Å². The predicted molar refractivity (Wildman–Crippen MR) is 275 cm³/mol. The Bertz CT molecular complexity index is 3440. The molecule has 5 heteroatoms. The monoisotopic (exact) mass is 844 g/mol. The van der Waals surface area contributed by atoms with Crippen LogP contribution in [-0.4, -0.2) is 19.5 Å². The fourth-order valence-corrected chi connectivity index (χ4v) is 15.9. The molecular formula is C60H41BN2OSi. The van der Waals surface area contributed by atoms with Crippen LogP contribution in [0, 0.1) is 0 Å². The highest BCUT2D eigenvalue weighted by Crippen LogP contribution is 2.47. The van der Waals surface area contributed by atoms with E-state index < -0.39 is 8.07 Å². The Morgan fingerprint density at radius 3 is 1.55 bits per heavy atom. The van der Waals surface area contributed by atoms with Gasteiger partial charge in [0, 0.05) is 33.2 Å². The fraction of sp³-hybridized carbons (Fsp3) is 0. The van der Waals surface area contributed by atoms with Gasteiger partial charge in [0.2, 0.25) is 0 Å². The number of hydrogen-bond acceptors (Lipinski definition) is 2. The molecule has 3 nitrogen and oxygen atoms in total. The van der Waals surface area contributed by atoms with Crippen molar-refractivity contribution in [2.75, 3.05) is 4.81 Å². The minimum atomic E-state index is -2.79. The number of ether oxygens (including phenoxy) is 1. The third-order valence-electron chi connectivity index (χ3n) is 13.8. The van der Waals surface area contributed by atoms with Crippen LogP contribution in [0.3, 0.4) is 0 Å². The lowest BCUT2D eigenvalue weighted by Gasteiger charge is -2.42. The molecule has 0 bridgehead atoms. The molecule has 0 amide bonds. The normalized spacial score (nSPS) is 12.7. The number of fused-ring (bicyclic) bond motifs is 7. The van der Waals surface area contributed by atoms with Crippen molar-refractivity contribution in [1.82, 2.24) is 4.57 Å². The number of anilines is 2. The molecule has 0 radical (unpaired) electrons. The molecule has 2 aliphatic heterocycles. The van der Waals surface area contributed by atoms with Crippen molar-refractivity contribution >= 4 is 79.8 Å². The molecule has 11 aromatic rings. The molecule has 10 aromatic carbocycles. The molecule has 0 aliphatic carbocycles. The molecule has 2 aliphatic rings. The van der Waals surface area contributed by atoms with Crippen molar-refractivity contribution in [3.63, 3.8) is 0 Å². The molecule has 0 fully saturated rings. The summed E-state index contributed by atoms with van der Waals surface area (Å²) in [5.74, 6) is 1.75. The van der Waals surface area contributed by atoms with Crippen molar-refractivity contribution in [2.45, 2.75) is 0 Å². The quantitative estimate of drug-likeness (QED) is 0.117. The van der Waals surface area contributed by atoms with Crippen molar-refractivity contribution < 1.29 is 4.74 Å². The van der Waals surface area contributed by atoms with E-state index in [1.807, 2.05) is 0 Å². The average molecular weight is 845 g/mol. The number of hydrogen-bond donors (Lipinski definition) is 0. The highest BCUT2D eigenvalue weighted by molar-refractivity contribution is 7.20. The minimum absolute atomic E-state index is 0.149. The van der Waals surface area contributed by atoms with Crippen molar-refractivity contribution in [3.05, 3.63) is 249 Å². The van der Waals surface area contributed by atoms with Crippen molar-refractivity contribution in [2.24, 2.45) is 0 Å². The smallest absolute Gasteiger partial charge is 0.336 e. The van der Waals surface area contributed by atoms with Gasteiger partial charge in [-0.3, -0.25) is 0 Å². The van der Waals surface area contributed by atoms with E-state index in [4.69, 9.17) is 4.74 Å². The zero-order valence-corrected chi connectivity index (χ0v) is 36.6. The maximum absolute atomic E-state index is 7.51. The van der Waals surface area contributed by atoms with Gasteiger partial charge in [-0.05, 0) is 91.4 Å². The van der Waals surface area contributed by atoms with Gasteiger partial charge in [-0.15, -0.1) is 0 Å². The molecule has 0 saturated heterocycles. The Morgan fingerprint density at radius 2 is 0.908 bits per heavy atom. The second kappa shape index (κ2) is 15.0. The van der Waals surface area contributed by atoms with Crippen LogP contribution in [0.15, 0.2) is 249 Å². The molecule has 65 heavy (non-hydrogen) atoms. The second-order valence-corrected chi connectivity index (χ2v) is 21.0. The van der Waals surface area contributed by atoms with Gasteiger partial charge in [0.1, 0.15) is 11.5 Å². The summed E-state index contributed by atoms with van der Waals surface area (Å²) in [6, 6.07) is 91.5. The van der Waals surface area contributed by atoms with Crippen LogP contribution in [0.1, 0.15) is 0 Å². The van der Waals surface area contributed by atoms with Gasteiger partial charge in [0.05, 0.1) is 16.7 Å². The maximum Gasteiger partial charge on any atom is 0.336 e. The summed E-state index contributed by atoms with van der Waals surface area (Å²) >= 11 is 0. The lowest BCUT2D eigenvalue weighted by Crippen LogP contribution is -2.74. The summed E-state index contributed by atoms with van der Waals surface area (Å²) in [5, 5.41) is 7.83.